The van der Waals surface area contributed by atoms with Crippen LogP contribution in [0.25, 0.3) is 11.1 Å². The second kappa shape index (κ2) is 9.27. The Morgan fingerprint density at radius 3 is 2.43 bits per heavy atom. The van der Waals surface area contributed by atoms with Crippen molar-refractivity contribution >= 4 is 17.7 Å². The number of esters is 1. The monoisotopic (exact) mass is 390 g/mol. The Kier molecular flexibility index (Phi) is 7.06. The lowest BCUT2D eigenvalue weighted by molar-refractivity contribution is -0.117. The van der Waals surface area contributed by atoms with E-state index in [-0.39, 0.29) is 36.1 Å². The van der Waals surface area contributed by atoms with E-state index in [0.717, 1.165) is 0 Å². The molecule has 8 heteroatoms. The maximum atomic E-state index is 13.3. The number of aromatic nitrogens is 1. The lowest BCUT2D eigenvalue weighted by atomic mass is 9.98. The van der Waals surface area contributed by atoms with E-state index in [0.29, 0.717) is 11.3 Å². The molecule has 0 spiro atoms. The van der Waals surface area contributed by atoms with Crippen molar-refractivity contribution in [3.63, 3.8) is 0 Å². The molecule has 2 N–H and O–H groups in total. The Labute approximate surface area is 162 Å². The number of Topliss-reactive ketones (excluding diaryl/α,β-unsaturated/α-hetero) is 1. The van der Waals surface area contributed by atoms with Gasteiger partial charge in [0.15, 0.2) is 0 Å². The van der Waals surface area contributed by atoms with Gasteiger partial charge in [-0.2, -0.15) is 0 Å². The molecule has 0 saturated carbocycles. The first kappa shape index (κ1) is 21.3. The molecular weight excluding hydrogens is 367 g/mol. The van der Waals surface area contributed by atoms with Crippen molar-refractivity contribution in [1.29, 1.82) is 0 Å². The third kappa shape index (κ3) is 4.64. The van der Waals surface area contributed by atoms with Crippen LogP contribution in [0.1, 0.15) is 40.4 Å². The van der Waals surface area contributed by atoms with Crippen LogP contribution in [-0.2, 0) is 14.3 Å². The van der Waals surface area contributed by atoms with Crippen molar-refractivity contribution in [3.05, 3.63) is 47.0 Å². The maximum absolute atomic E-state index is 13.3. The first-order chi connectivity index (χ1) is 13.3. The highest BCUT2D eigenvalue weighted by atomic mass is 19.1. The van der Waals surface area contributed by atoms with E-state index in [4.69, 9.17) is 9.47 Å². The van der Waals surface area contributed by atoms with Crippen molar-refractivity contribution in [1.82, 2.24) is 10.3 Å². The third-order valence-electron chi connectivity index (χ3n) is 4.03. The first-order valence-electron chi connectivity index (χ1n) is 8.79. The number of ether oxygens (including phenoxy) is 2. The smallest absolute Gasteiger partial charge is 0.340 e. The fraction of sp³-hybridized carbons (Fsp3) is 0.350. The standard InChI is InChI=1S/C20H23FN2O5/c1-5-28-20(26)15-12(3)23-17(16(15)13-6-8-14(21)9-7-13)18(24)19(25)22-11(2)10-27-4/h6-9,11,23H,5,10H2,1-4H3,(H,22,25)/t11-/m1/s1. The van der Waals surface area contributed by atoms with Crippen molar-refractivity contribution in [2.45, 2.75) is 26.8 Å². The summed E-state index contributed by atoms with van der Waals surface area (Å²) in [5.74, 6) is -2.79. The highest BCUT2D eigenvalue weighted by Crippen LogP contribution is 2.31. The van der Waals surface area contributed by atoms with Gasteiger partial charge >= 0.3 is 5.97 Å². The van der Waals surface area contributed by atoms with Gasteiger partial charge in [-0.3, -0.25) is 9.59 Å². The number of halogens is 1. The maximum Gasteiger partial charge on any atom is 0.340 e. The molecule has 0 fully saturated rings. The van der Waals surface area contributed by atoms with E-state index in [1.165, 1.54) is 31.4 Å². The number of aromatic amines is 1. The largest absolute Gasteiger partial charge is 0.462 e. The SMILES string of the molecule is CCOC(=O)c1c(C)[nH]c(C(=O)C(=O)N[C@H](C)COC)c1-c1ccc(F)cc1. The van der Waals surface area contributed by atoms with Gasteiger partial charge in [-0.05, 0) is 38.5 Å². The van der Waals surface area contributed by atoms with Gasteiger partial charge in [0.25, 0.3) is 11.7 Å². The van der Waals surface area contributed by atoms with Crippen LogP contribution in [0.4, 0.5) is 4.39 Å². The van der Waals surface area contributed by atoms with E-state index in [9.17, 15) is 18.8 Å². The Balaban J connectivity index is 2.53. The van der Waals surface area contributed by atoms with Gasteiger partial charge in [0, 0.05) is 24.4 Å². The normalized spacial score (nSPS) is 11.8. The Hall–Kier alpha value is -3.00. The van der Waals surface area contributed by atoms with Crippen LogP contribution in [-0.4, -0.2) is 49.0 Å². The van der Waals surface area contributed by atoms with E-state index >= 15 is 0 Å². The van der Waals surface area contributed by atoms with Gasteiger partial charge in [0.1, 0.15) is 11.5 Å². The highest BCUT2D eigenvalue weighted by molar-refractivity contribution is 6.44. The average Bonchev–Trinajstić information content (AvgIpc) is 2.99. The van der Waals surface area contributed by atoms with Gasteiger partial charge in [-0.25, -0.2) is 9.18 Å². The minimum Gasteiger partial charge on any atom is -0.462 e. The zero-order chi connectivity index (χ0) is 20.8. The predicted molar refractivity (Wildman–Crippen MR) is 101 cm³/mol. The van der Waals surface area contributed by atoms with E-state index in [2.05, 4.69) is 10.3 Å². The molecule has 0 unspecified atom stereocenters. The van der Waals surface area contributed by atoms with Gasteiger partial charge in [0.05, 0.1) is 18.8 Å². The summed E-state index contributed by atoms with van der Waals surface area (Å²) in [4.78, 5) is 40.4. The average molecular weight is 390 g/mol. The van der Waals surface area contributed by atoms with Crippen LogP contribution in [0.5, 0.6) is 0 Å². The molecule has 28 heavy (non-hydrogen) atoms. The summed E-state index contributed by atoms with van der Waals surface area (Å²) in [6.07, 6.45) is 0. The van der Waals surface area contributed by atoms with Crippen molar-refractivity contribution < 1.29 is 28.2 Å². The summed E-state index contributed by atoms with van der Waals surface area (Å²) in [6, 6.07) is 4.91. The van der Waals surface area contributed by atoms with Crippen LogP contribution < -0.4 is 5.32 Å². The number of hydrogen-bond donors (Lipinski definition) is 2. The molecular formula is C20H23FN2O5. The Morgan fingerprint density at radius 1 is 1.21 bits per heavy atom. The molecule has 1 aromatic carbocycles. The number of carbonyl (C=O) groups is 3. The zero-order valence-electron chi connectivity index (χ0n) is 16.2. The summed E-state index contributed by atoms with van der Waals surface area (Å²) in [7, 11) is 1.48. The number of rotatable bonds is 8. The molecule has 2 aromatic rings. The zero-order valence-corrected chi connectivity index (χ0v) is 16.2. The number of H-pyrrole nitrogens is 1. The molecule has 1 heterocycles. The molecule has 7 nitrogen and oxygen atoms in total. The number of hydrogen-bond acceptors (Lipinski definition) is 5. The second-order valence-corrected chi connectivity index (χ2v) is 6.26. The molecule has 0 bridgehead atoms. The summed E-state index contributed by atoms with van der Waals surface area (Å²) >= 11 is 0. The summed E-state index contributed by atoms with van der Waals surface area (Å²) in [6.45, 7) is 5.33. The van der Waals surface area contributed by atoms with Crippen LogP contribution >= 0.6 is 0 Å². The first-order valence-corrected chi connectivity index (χ1v) is 8.79. The van der Waals surface area contributed by atoms with Crippen LogP contribution in [0.15, 0.2) is 24.3 Å². The lowest BCUT2D eigenvalue weighted by Crippen LogP contribution is -2.40. The van der Waals surface area contributed by atoms with Gasteiger partial charge in [-0.1, -0.05) is 12.1 Å². The number of methoxy groups -OCH3 is 1. The minimum absolute atomic E-state index is 0.0609. The Morgan fingerprint density at radius 2 is 1.86 bits per heavy atom. The molecule has 150 valence electrons. The third-order valence-corrected chi connectivity index (χ3v) is 4.03. The molecule has 0 radical (unpaired) electrons. The second-order valence-electron chi connectivity index (χ2n) is 6.26. The summed E-state index contributed by atoms with van der Waals surface area (Å²) < 4.78 is 23.4. The van der Waals surface area contributed by atoms with Crippen molar-refractivity contribution in [3.8, 4) is 11.1 Å². The predicted octanol–water partition coefficient (Wildman–Crippen LogP) is 2.64. The van der Waals surface area contributed by atoms with Crippen LogP contribution in [0, 0.1) is 12.7 Å². The van der Waals surface area contributed by atoms with E-state index in [1.807, 2.05) is 0 Å². The summed E-state index contributed by atoms with van der Waals surface area (Å²) in [5, 5.41) is 2.54. The Bertz CT molecular complexity index is 873. The molecule has 2 rings (SSSR count). The number of amides is 1. The lowest BCUT2D eigenvalue weighted by Gasteiger charge is -2.12. The highest BCUT2D eigenvalue weighted by Gasteiger charge is 2.30. The molecule has 1 atom stereocenters. The molecule has 1 amide bonds. The number of benzene rings is 1. The van der Waals surface area contributed by atoms with Gasteiger partial charge in [0.2, 0.25) is 0 Å². The molecule has 0 aliphatic rings. The minimum atomic E-state index is -0.846. The fourth-order valence-corrected chi connectivity index (χ4v) is 2.85. The van der Waals surface area contributed by atoms with Gasteiger partial charge in [-0.15, -0.1) is 0 Å². The van der Waals surface area contributed by atoms with Crippen molar-refractivity contribution in [2.24, 2.45) is 0 Å². The van der Waals surface area contributed by atoms with E-state index < -0.39 is 23.5 Å². The molecule has 0 saturated heterocycles. The molecule has 1 aromatic heterocycles. The number of carbonyl (C=O) groups excluding carboxylic acids is 3. The van der Waals surface area contributed by atoms with E-state index in [1.54, 1.807) is 20.8 Å². The quantitative estimate of drug-likeness (QED) is 0.410. The topological polar surface area (TPSA) is 97.5 Å². The number of ketones is 1. The van der Waals surface area contributed by atoms with Crippen LogP contribution in [0.2, 0.25) is 0 Å². The number of nitrogens with one attached hydrogen (secondary N) is 2. The fourth-order valence-electron chi connectivity index (χ4n) is 2.85. The summed E-state index contributed by atoms with van der Waals surface area (Å²) in [5.41, 5.74) is 1.06. The molecule has 0 aliphatic heterocycles. The van der Waals surface area contributed by atoms with Gasteiger partial charge < -0.3 is 19.8 Å². The van der Waals surface area contributed by atoms with Crippen molar-refractivity contribution in [2.75, 3.05) is 20.3 Å². The van der Waals surface area contributed by atoms with Crippen LogP contribution in [0.3, 0.4) is 0 Å². The molecule has 0 aliphatic carbocycles. The number of aryl methyl sites for hydroxylation is 1.